The Bertz CT molecular complexity index is 517. The lowest BCUT2D eigenvalue weighted by Gasteiger charge is -2.20. The van der Waals surface area contributed by atoms with Gasteiger partial charge < -0.3 is 14.7 Å². The molecule has 0 radical (unpaired) electrons. The molecule has 1 atom stereocenters. The minimum Gasteiger partial charge on any atom is -0.497 e. The fourth-order valence-corrected chi connectivity index (χ4v) is 1.93. The van der Waals surface area contributed by atoms with Crippen molar-refractivity contribution in [3.05, 3.63) is 54.1 Å². The molecule has 0 bridgehead atoms. The number of ether oxygens (including phenoxy) is 1. The molecule has 0 aliphatic carbocycles. The van der Waals surface area contributed by atoms with E-state index in [2.05, 4.69) is 4.90 Å². The van der Waals surface area contributed by atoms with E-state index in [4.69, 9.17) is 4.74 Å². The molecule has 2 aromatic rings. The van der Waals surface area contributed by atoms with Crippen LogP contribution in [0.15, 0.2) is 48.5 Å². The van der Waals surface area contributed by atoms with Gasteiger partial charge in [0.05, 0.1) is 13.2 Å². The Morgan fingerprint density at radius 1 is 0.947 bits per heavy atom. The number of aliphatic hydroxyl groups excluding tert-OH is 1. The maximum Gasteiger partial charge on any atom is 0.119 e. The summed E-state index contributed by atoms with van der Waals surface area (Å²) in [4.78, 5) is 2.09. The number of rotatable bonds is 4. The number of benzene rings is 2. The molecule has 0 amide bonds. The summed E-state index contributed by atoms with van der Waals surface area (Å²) in [5, 5.41) is 9.50. The molecule has 3 nitrogen and oxygen atoms in total. The summed E-state index contributed by atoms with van der Waals surface area (Å²) in [7, 11) is 3.67. The zero-order valence-corrected chi connectivity index (χ0v) is 11.5. The van der Waals surface area contributed by atoms with Crippen LogP contribution in [0.3, 0.4) is 0 Å². The average Bonchev–Trinajstić information content (AvgIpc) is 2.46. The monoisotopic (exact) mass is 257 g/mol. The van der Waals surface area contributed by atoms with Gasteiger partial charge in [0.1, 0.15) is 5.75 Å². The third-order valence-corrected chi connectivity index (χ3v) is 3.22. The molecule has 2 rings (SSSR count). The van der Waals surface area contributed by atoms with E-state index in [1.54, 1.807) is 14.0 Å². The lowest BCUT2D eigenvalue weighted by Crippen LogP contribution is -2.09. The molecule has 0 spiro atoms. The molecule has 0 unspecified atom stereocenters. The first-order chi connectivity index (χ1) is 9.11. The number of aliphatic hydroxyl groups is 1. The fourth-order valence-electron chi connectivity index (χ4n) is 1.93. The normalized spacial score (nSPS) is 12.0. The topological polar surface area (TPSA) is 32.7 Å². The lowest BCUT2D eigenvalue weighted by atomic mass is 10.1. The van der Waals surface area contributed by atoms with Crippen LogP contribution >= 0.6 is 0 Å². The van der Waals surface area contributed by atoms with E-state index in [1.165, 1.54) is 0 Å². The summed E-state index contributed by atoms with van der Waals surface area (Å²) in [6.45, 7) is 1.77. The van der Waals surface area contributed by atoms with Crippen LogP contribution in [0.4, 0.5) is 11.4 Å². The number of hydrogen-bond donors (Lipinski definition) is 1. The number of methoxy groups -OCH3 is 1. The first-order valence-electron chi connectivity index (χ1n) is 6.27. The van der Waals surface area contributed by atoms with Crippen molar-refractivity contribution in [1.82, 2.24) is 0 Å². The zero-order chi connectivity index (χ0) is 13.8. The Balaban J connectivity index is 2.20. The predicted octanol–water partition coefficient (Wildman–Crippen LogP) is 3.52. The molecule has 0 saturated heterocycles. The van der Waals surface area contributed by atoms with Gasteiger partial charge in [-0.05, 0) is 48.9 Å². The Kier molecular flexibility index (Phi) is 4.07. The van der Waals surface area contributed by atoms with Gasteiger partial charge in [-0.1, -0.05) is 12.1 Å². The van der Waals surface area contributed by atoms with E-state index in [0.29, 0.717) is 0 Å². The van der Waals surface area contributed by atoms with Crippen molar-refractivity contribution in [2.24, 2.45) is 0 Å². The van der Waals surface area contributed by atoms with E-state index in [-0.39, 0.29) is 0 Å². The van der Waals surface area contributed by atoms with Gasteiger partial charge in [-0.15, -0.1) is 0 Å². The van der Waals surface area contributed by atoms with Crippen LogP contribution in [0.25, 0.3) is 0 Å². The highest BCUT2D eigenvalue weighted by Gasteiger charge is 2.05. The predicted molar refractivity (Wildman–Crippen MR) is 78.1 cm³/mol. The standard InChI is InChI=1S/C16H19NO2/c1-12(18)13-4-6-14(7-5-13)17(2)15-8-10-16(19-3)11-9-15/h4-12,18H,1-3H3/t12-/m1/s1. The van der Waals surface area contributed by atoms with E-state index in [9.17, 15) is 5.11 Å². The molecule has 0 aliphatic rings. The Morgan fingerprint density at radius 3 is 1.84 bits per heavy atom. The van der Waals surface area contributed by atoms with Crippen LogP contribution in [0, 0.1) is 0 Å². The highest BCUT2D eigenvalue weighted by molar-refractivity contribution is 5.63. The minimum absolute atomic E-state index is 0.430. The molecule has 100 valence electrons. The van der Waals surface area contributed by atoms with Crippen molar-refractivity contribution in [3.63, 3.8) is 0 Å². The molecule has 1 N–H and O–H groups in total. The fraction of sp³-hybridized carbons (Fsp3) is 0.250. The first-order valence-corrected chi connectivity index (χ1v) is 6.27. The van der Waals surface area contributed by atoms with Crippen LogP contribution in [0.5, 0.6) is 5.75 Å². The Labute approximate surface area is 114 Å². The van der Waals surface area contributed by atoms with Crippen molar-refractivity contribution in [2.75, 3.05) is 19.1 Å². The second-order valence-electron chi connectivity index (χ2n) is 4.52. The summed E-state index contributed by atoms with van der Waals surface area (Å²) < 4.78 is 5.15. The number of anilines is 2. The van der Waals surface area contributed by atoms with Gasteiger partial charge in [0.15, 0.2) is 0 Å². The van der Waals surface area contributed by atoms with Crippen molar-refractivity contribution in [3.8, 4) is 5.75 Å². The molecule has 0 fully saturated rings. The van der Waals surface area contributed by atoms with Gasteiger partial charge in [-0.3, -0.25) is 0 Å². The summed E-state index contributed by atoms with van der Waals surface area (Å²) >= 11 is 0. The Hall–Kier alpha value is -2.00. The highest BCUT2D eigenvalue weighted by Crippen LogP contribution is 2.26. The van der Waals surface area contributed by atoms with Gasteiger partial charge in [-0.2, -0.15) is 0 Å². The van der Waals surface area contributed by atoms with Crippen LogP contribution < -0.4 is 9.64 Å². The van der Waals surface area contributed by atoms with Gasteiger partial charge in [0.25, 0.3) is 0 Å². The summed E-state index contributed by atoms with van der Waals surface area (Å²) in [5.74, 6) is 0.849. The molecular formula is C16H19NO2. The molecule has 0 aliphatic heterocycles. The Morgan fingerprint density at radius 2 is 1.42 bits per heavy atom. The van der Waals surface area contributed by atoms with Crippen molar-refractivity contribution >= 4 is 11.4 Å². The summed E-state index contributed by atoms with van der Waals surface area (Å²) in [5.41, 5.74) is 3.09. The van der Waals surface area contributed by atoms with Crippen molar-refractivity contribution in [1.29, 1.82) is 0 Å². The number of hydrogen-bond acceptors (Lipinski definition) is 3. The summed E-state index contributed by atoms with van der Waals surface area (Å²) in [6.07, 6.45) is -0.430. The van der Waals surface area contributed by atoms with Crippen LogP contribution in [-0.4, -0.2) is 19.3 Å². The molecule has 19 heavy (non-hydrogen) atoms. The molecule has 2 aromatic carbocycles. The van der Waals surface area contributed by atoms with Gasteiger partial charge in [-0.25, -0.2) is 0 Å². The maximum absolute atomic E-state index is 9.50. The smallest absolute Gasteiger partial charge is 0.119 e. The van der Waals surface area contributed by atoms with Crippen LogP contribution in [0.2, 0.25) is 0 Å². The number of nitrogens with zero attached hydrogens (tertiary/aromatic N) is 1. The molecule has 3 heteroatoms. The van der Waals surface area contributed by atoms with Gasteiger partial charge in [0.2, 0.25) is 0 Å². The van der Waals surface area contributed by atoms with Crippen molar-refractivity contribution < 1.29 is 9.84 Å². The van der Waals surface area contributed by atoms with E-state index in [1.807, 2.05) is 55.6 Å². The maximum atomic E-state index is 9.50. The van der Waals surface area contributed by atoms with Gasteiger partial charge in [0, 0.05) is 18.4 Å². The molecule has 0 heterocycles. The summed E-state index contributed by atoms with van der Waals surface area (Å²) in [6, 6.07) is 15.8. The van der Waals surface area contributed by atoms with E-state index >= 15 is 0 Å². The van der Waals surface area contributed by atoms with Crippen LogP contribution in [-0.2, 0) is 0 Å². The highest BCUT2D eigenvalue weighted by atomic mass is 16.5. The molecule has 0 saturated carbocycles. The molecule has 0 aromatic heterocycles. The second-order valence-corrected chi connectivity index (χ2v) is 4.52. The second kappa shape index (κ2) is 5.76. The van der Waals surface area contributed by atoms with Crippen molar-refractivity contribution in [2.45, 2.75) is 13.0 Å². The lowest BCUT2D eigenvalue weighted by molar-refractivity contribution is 0.199. The average molecular weight is 257 g/mol. The van der Waals surface area contributed by atoms with E-state index in [0.717, 1.165) is 22.7 Å². The molecular weight excluding hydrogens is 238 g/mol. The zero-order valence-electron chi connectivity index (χ0n) is 11.5. The SMILES string of the molecule is COc1ccc(N(C)c2ccc([C@@H](C)O)cc2)cc1. The largest absolute Gasteiger partial charge is 0.497 e. The quantitative estimate of drug-likeness (QED) is 0.909. The van der Waals surface area contributed by atoms with E-state index < -0.39 is 6.10 Å². The third kappa shape index (κ3) is 3.06. The minimum atomic E-state index is -0.430. The van der Waals surface area contributed by atoms with Gasteiger partial charge >= 0.3 is 0 Å². The first kappa shape index (κ1) is 13.4. The third-order valence-electron chi connectivity index (χ3n) is 3.22. The van der Waals surface area contributed by atoms with Crippen LogP contribution in [0.1, 0.15) is 18.6 Å².